The van der Waals surface area contributed by atoms with Crippen LogP contribution in [0, 0.1) is 0 Å². The highest BCUT2D eigenvalue weighted by molar-refractivity contribution is 7.89. The standard InChI is InChI=1S/C23H28ClN3O4S/c1-16(2)26(3)32(30,31)19-9-10-21(24)20(14-19)22(28)25-15-17-7-6-8-18(13-17)23(29)27-11-4-5-12-27/h6-10,13-14,16H,4-5,11-12,15H2,1-3H3,(H,25,28). The Labute approximate surface area is 194 Å². The van der Waals surface area contributed by atoms with Gasteiger partial charge in [0, 0.05) is 38.3 Å². The van der Waals surface area contributed by atoms with Gasteiger partial charge < -0.3 is 10.2 Å². The first kappa shape index (κ1) is 24.2. The normalized spacial score (nSPS) is 14.2. The molecule has 3 rings (SSSR count). The molecule has 0 aromatic heterocycles. The van der Waals surface area contributed by atoms with Crippen molar-refractivity contribution in [1.29, 1.82) is 0 Å². The van der Waals surface area contributed by atoms with Crippen molar-refractivity contribution in [2.24, 2.45) is 0 Å². The lowest BCUT2D eigenvalue weighted by atomic mass is 10.1. The van der Waals surface area contributed by atoms with Crippen LogP contribution in [0.3, 0.4) is 0 Å². The van der Waals surface area contributed by atoms with E-state index in [0.29, 0.717) is 5.56 Å². The van der Waals surface area contributed by atoms with Crippen molar-refractivity contribution in [3.8, 4) is 0 Å². The molecule has 1 fully saturated rings. The summed E-state index contributed by atoms with van der Waals surface area (Å²) in [6.45, 7) is 5.25. The van der Waals surface area contributed by atoms with E-state index >= 15 is 0 Å². The SMILES string of the molecule is CC(C)N(C)S(=O)(=O)c1ccc(Cl)c(C(=O)NCc2cccc(C(=O)N3CCCC3)c2)c1. The highest BCUT2D eigenvalue weighted by Crippen LogP contribution is 2.23. The molecule has 1 saturated heterocycles. The van der Waals surface area contributed by atoms with Crippen molar-refractivity contribution >= 4 is 33.4 Å². The molecule has 2 aromatic carbocycles. The zero-order valence-corrected chi connectivity index (χ0v) is 20.0. The monoisotopic (exact) mass is 477 g/mol. The number of likely N-dealkylation sites (tertiary alicyclic amines) is 1. The molecule has 0 spiro atoms. The lowest BCUT2D eigenvalue weighted by Crippen LogP contribution is -2.33. The predicted octanol–water partition coefficient (Wildman–Crippen LogP) is 3.53. The van der Waals surface area contributed by atoms with Crippen LogP contribution in [-0.2, 0) is 16.6 Å². The van der Waals surface area contributed by atoms with E-state index in [4.69, 9.17) is 11.6 Å². The molecule has 32 heavy (non-hydrogen) atoms. The lowest BCUT2D eigenvalue weighted by molar-refractivity contribution is 0.0792. The third-order valence-electron chi connectivity index (χ3n) is 5.61. The summed E-state index contributed by atoms with van der Waals surface area (Å²) in [6, 6.07) is 11.0. The van der Waals surface area contributed by atoms with Gasteiger partial charge in [-0.3, -0.25) is 9.59 Å². The molecule has 2 aromatic rings. The molecule has 0 unspecified atom stereocenters. The van der Waals surface area contributed by atoms with Gasteiger partial charge in [0.15, 0.2) is 0 Å². The summed E-state index contributed by atoms with van der Waals surface area (Å²) in [5.74, 6) is -0.499. The fourth-order valence-corrected chi connectivity index (χ4v) is 5.08. The van der Waals surface area contributed by atoms with E-state index < -0.39 is 15.9 Å². The minimum absolute atomic E-state index is 0.00135. The summed E-state index contributed by atoms with van der Waals surface area (Å²) >= 11 is 6.19. The number of hydrogen-bond acceptors (Lipinski definition) is 4. The number of hydrogen-bond donors (Lipinski definition) is 1. The molecule has 9 heteroatoms. The van der Waals surface area contributed by atoms with Gasteiger partial charge in [-0.15, -0.1) is 0 Å². The molecule has 0 aliphatic carbocycles. The molecule has 2 amide bonds. The van der Waals surface area contributed by atoms with Gasteiger partial charge in [0.05, 0.1) is 15.5 Å². The third kappa shape index (κ3) is 5.31. The van der Waals surface area contributed by atoms with Gasteiger partial charge in [0.2, 0.25) is 10.0 Å². The van der Waals surface area contributed by atoms with Crippen LogP contribution in [0.25, 0.3) is 0 Å². The molecule has 1 N–H and O–H groups in total. The highest BCUT2D eigenvalue weighted by Gasteiger charge is 2.25. The van der Waals surface area contributed by atoms with Crippen LogP contribution in [0.5, 0.6) is 0 Å². The third-order valence-corrected chi connectivity index (χ3v) is 7.97. The van der Waals surface area contributed by atoms with E-state index in [0.717, 1.165) is 31.5 Å². The number of nitrogens with zero attached hydrogens (tertiary/aromatic N) is 2. The Bertz CT molecular complexity index is 1110. The Hall–Kier alpha value is -2.42. The van der Waals surface area contributed by atoms with Crippen LogP contribution in [0.2, 0.25) is 5.02 Å². The van der Waals surface area contributed by atoms with Crippen LogP contribution in [-0.4, -0.2) is 55.6 Å². The second-order valence-corrected chi connectivity index (χ2v) is 10.5. The fourth-order valence-electron chi connectivity index (χ4n) is 3.48. The first-order valence-electron chi connectivity index (χ1n) is 10.5. The summed E-state index contributed by atoms with van der Waals surface area (Å²) in [4.78, 5) is 27.2. The second-order valence-electron chi connectivity index (χ2n) is 8.14. The fraction of sp³-hybridized carbons (Fsp3) is 0.391. The van der Waals surface area contributed by atoms with Gasteiger partial charge in [-0.05, 0) is 62.6 Å². The van der Waals surface area contributed by atoms with E-state index in [1.54, 1.807) is 32.0 Å². The molecular formula is C23H28ClN3O4S. The van der Waals surface area contributed by atoms with E-state index in [2.05, 4.69) is 5.32 Å². The molecule has 1 aliphatic heterocycles. The van der Waals surface area contributed by atoms with Crippen LogP contribution in [0.15, 0.2) is 47.4 Å². The molecule has 172 valence electrons. The van der Waals surface area contributed by atoms with E-state index in [1.165, 1.54) is 29.6 Å². The number of rotatable bonds is 7. The Morgan fingerprint density at radius 1 is 1.12 bits per heavy atom. The summed E-state index contributed by atoms with van der Waals surface area (Å²) in [7, 11) is -2.26. The molecule has 7 nitrogen and oxygen atoms in total. The number of benzene rings is 2. The van der Waals surface area contributed by atoms with Gasteiger partial charge >= 0.3 is 0 Å². The summed E-state index contributed by atoms with van der Waals surface area (Å²) in [6.07, 6.45) is 2.04. The maximum absolute atomic E-state index is 12.8. The zero-order chi connectivity index (χ0) is 23.5. The minimum Gasteiger partial charge on any atom is -0.348 e. The van der Waals surface area contributed by atoms with Gasteiger partial charge in [-0.25, -0.2) is 8.42 Å². The molecular weight excluding hydrogens is 450 g/mol. The van der Waals surface area contributed by atoms with Crippen LogP contribution in [0.1, 0.15) is 53.0 Å². The van der Waals surface area contributed by atoms with E-state index in [9.17, 15) is 18.0 Å². The van der Waals surface area contributed by atoms with Crippen LogP contribution in [0.4, 0.5) is 0 Å². The number of carbonyl (C=O) groups is 2. The number of carbonyl (C=O) groups excluding carboxylic acids is 2. The Morgan fingerprint density at radius 2 is 1.81 bits per heavy atom. The van der Waals surface area contributed by atoms with Crippen molar-refractivity contribution in [1.82, 2.24) is 14.5 Å². The van der Waals surface area contributed by atoms with Gasteiger partial charge in [0.25, 0.3) is 11.8 Å². The van der Waals surface area contributed by atoms with Crippen molar-refractivity contribution in [2.75, 3.05) is 20.1 Å². The van der Waals surface area contributed by atoms with Gasteiger partial charge in [-0.2, -0.15) is 4.31 Å². The molecule has 0 saturated carbocycles. The first-order chi connectivity index (χ1) is 15.1. The Kier molecular flexibility index (Phi) is 7.59. The van der Waals surface area contributed by atoms with Crippen molar-refractivity contribution in [3.63, 3.8) is 0 Å². The number of sulfonamides is 1. The Balaban J connectivity index is 1.74. The first-order valence-corrected chi connectivity index (χ1v) is 12.4. The molecule has 0 bridgehead atoms. The maximum Gasteiger partial charge on any atom is 0.253 e. The Morgan fingerprint density at radius 3 is 2.47 bits per heavy atom. The quantitative estimate of drug-likeness (QED) is 0.660. The van der Waals surface area contributed by atoms with Crippen LogP contribution < -0.4 is 5.32 Å². The number of nitrogens with one attached hydrogen (secondary N) is 1. The van der Waals surface area contributed by atoms with E-state index in [1.807, 2.05) is 11.0 Å². The smallest absolute Gasteiger partial charge is 0.253 e. The highest BCUT2D eigenvalue weighted by atomic mass is 35.5. The summed E-state index contributed by atoms with van der Waals surface area (Å²) < 4.78 is 26.8. The topological polar surface area (TPSA) is 86.8 Å². The maximum atomic E-state index is 12.8. The van der Waals surface area contributed by atoms with Crippen molar-refractivity contribution in [2.45, 2.75) is 44.2 Å². The second kappa shape index (κ2) is 10.0. The molecule has 1 aliphatic rings. The summed E-state index contributed by atoms with van der Waals surface area (Å²) in [5, 5.41) is 2.92. The average Bonchev–Trinajstić information content (AvgIpc) is 3.31. The molecule has 0 atom stereocenters. The predicted molar refractivity (Wildman–Crippen MR) is 124 cm³/mol. The van der Waals surface area contributed by atoms with Gasteiger partial charge in [-0.1, -0.05) is 23.7 Å². The number of amides is 2. The van der Waals surface area contributed by atoms with E-state index in [-0.39, 0.29) is 34.0 Å². The van der Waals surface area contributed by atoms with Crippen molar-refractivity contribution in [3.05, 3.63) is 64.2 Å². The van der Waals surface area contributed by atoms with Crippen molar-refractivity contribution < 1.29 is 18.0 Å². The van der Waals surface area contributed by atoms with Crippen LogP contribution >= 0.6 is 11.6 Å². The average molecular weight is 478 g/mol. The summed E-state index contributed by atoms with van der Waals surface area (Å²) in [5.41, 5.74) is 1.43. The largest absolute Gasteiger partial charge is 0.348 e. The molecule has 1 heterocycles. The lowest BCUT2D eigenvalue weighted by Gasteiger charge is -2.21. The zero-order valence-electron chi connectivity index (χ0n) is 18.5. The molecule has 0 radical (unpaired) electrons. The number of halogens is 1. The van der Waals surface area contributed by atoms with Gasteiger partial charge in [0.1, 0.15) is 0 Å². The minimum atomic E-state index is -3.75.